The molecule has 0 aromatic heterocycles. The number of carbonyl (C=O) groups excluding carboxylic acids is 1. The third-order valence-electron chi connectivity index (χ3n) is 4.26. The third-order valence-corrected chi connectivity index (χ3v) is 9.45. The molecule has 0 radical (unpaired) electrons. The molecule has 5 heteroatoms. The summed E-state index contributed by atoms with van der Waals surface area (Å²) in [7, 11) is -2.48. The first-order chi connectivity index (χ1) is 10.7. The summed E-state index contributed by atoms with van der Waals surface area (Å²) in [5.74, 6) is -0.367. The first-order valence-corrected chi connectivity index (χ1v) is 10.7. The lowest BCUT2D eigenvalue weighted by atomic mass is 10.1. The lowest BCUT2D eigenvalue weighted by Crippen LogP contribution is -2.44. The van der Waals surface area contributed by atoms with Crippen molar-refractivity contribution in [3.8, 4) is 0 Å². The average molecular weight is 355 g/mol. The van der Waals surface area contributed by atoms with Gasteiger partial charge < -0.3 is 9.53 Å². The molecule has 0 heterocycles. The molecule has 1 aromatic carbocycles. The summed E-state index contributed by atoms with van der Waals surface area (Å²) >= 11 is 6.14. The Labute approximate surface area is 145 Å². The van der Waals surface area contributed by atoms with Crippen LogP contribution in [0.15, 0.2) is 24.3 Å². The second-order valence-corrected chi connectivity index (χ2v) is 11.5. The van der Waals surface area contributed by atoms with Gasteiger partial charge in [0.15, 0.2) is 8.32 Å². The molecule has 0 fully saturated rings. The van der Waals surface area contributed by atoms with E-state index in [0.717, 1.165) is 11.1 Å². The number of rotatable bonds is 7. The topological polar surface area (TPSA) is 46.5 Å². The first-order valence-electron chi connectivity index (χ1n) is 8.06. The highest BCUT2D eigenvalue weighted by Gasteiger charge is 2.38. The van der Waals surface area contributed by atoms with Gasteiger partial charge in [-0.25, -0.2) is 4.79 Å². The molecule has 3 nitrogen and oxygen atoms in total. The van der Waals surface area contributed by atoms with Gasteiger partial charge in [0.2, 0.25) is 0 Å². The summed E-state index contributed by atoms with van der Waals surface area (Å²) in [5.41, 5.74) is 2.36. The summed E-state index contributed by atoms with van der Waals surface area (Å²) < 4.78 is 4.91. The molecule has 0 bridgehead atoms. The Kier molecular flexibility index (Phi) is 7.51. The fraction of sp³-hybridized carbons (Fsp3) is 0.500. The van der Waals surface area contributed by atoms with Crippen LogP contribution in [0.1, 0.15) is 45.7 Å². The number of halogens is 1. The zero-order valence-corrected chi connectivity index (χ0v) is 16.4. The standard InChI is InChI=1S/C18H27ClO3Si/c1-6-22-18(20)10-8-15-7-9-17(19)11-16(15)12-23(21,13(2)3)14(4)5/h7-11,13-14,21H,6,12H2,1-5H3/b10-8+. The predicted octanol–water partition coefficient (Wildman–Crippen LogP) is 4.76. The minimum atomic E-state index is -2.48. The molecular weight excluding hydrogens is 328 g/mol. The van der Waals surface area contributed by atoms with Gasteiger partial charge in [-0.1, -0.05) is 45.4 Å². The summed E-state index contributed by atoms with van der Waals surface area (Å²) in [5, 5.41) is 0.636. The van der Waals surface area contributed by atoms with E-state index in [9.17, 15) is 9.59 Å². The maximum Gasteiger partial charge on any atom is 0.330 e. The largest absolute Gasteiger partial charge is 0.463 e. The van der Waals surface area contributed by atoms with Crippen LogP contribution in [0.5, 0.6) is 0 Å². The summed E-state index contributed by atoms with van der Waals surface area (Å²) in [4.78, 5) is 22.7. The van der Waals surface area contributed by atoms with E-state index in [1.165, 1.54) is 6.08 Å². The van der Waals surface area contributed by atoms with E-state index >= 15 is 0 Å². The van der Waals surface area contributed by atoms with Crippen LogP contribution in [-0.4, -0.2) is 25.7 Å². The van der Waals surface area contributed by atoms with Crippen molar-refractivity contribution in [3.05, 3.63) is 40.4 Å². The number of hydrogen-bond donors (Lipinski definition) is 1. The third kappa shape index (κ3) is 5.48. The molecule has 0 aliphatic carbocycles. The summed E-state index contributed by atoms with van der Waals surface area (Å²) in [6.45, 7) is 10.4. The van der Waals surface area contributed by atoms with Crippen LogP contribution in [0.4, 0.5) is 0 Å². The van der Waals surface area contributed by atoms with Gasteiger partial charge >= 0.3 is 5.97 Å². The second-order valence-electron chi connectivity index (χ2n) is 6.41. The smallest absolute Gasteiger partial charge is 0.330 e. The van der Waals surface area contributed by atoms with Crippen molar-refractivity contribution in [1.82, 2.24) is 0 Å². The van der Waals surface area contributed by atoms with Crippen LogP contribution in [0, 0.1) is 0 Å². The minimum Gasteiger partial charge on any atom is -0.463 e. The number of ether oxygens (including phenoxy) is 1. The van der Waals surface area contributed by atoms with E-state index in [2.05, 4.69) is 27.7 Å². The Bertz CT molecular complexity index is 559. The number of carbonyl (C=O) groups is 1. The van der Waals surface area contributed by atoms with E-state index in [0.29, 0.717) is 17.7 Å². The highest BCUT2D eigenvalue weighted by Crippen LogP contribution is 2.34. The number of benzene rings is 1. The molecule has 0 saturated carbocycles. The van der Waals surface area contributed by atoms with Crippen molar-refractivity contribution in [1.29, 1.82) is 0 Å². The van der Waals surface area contributed by atoms with Crippen LogP contribution >= 0.6 is 11.6 Å². The molecular formula is C18H27ClO3Si. The van der Waals surface area contributed by atoms with Gasteiger partial charge in [-0.15, -0.1) is 0 Å². The maximum atomic E-state index is 11.5. The lowest BCUT2D eigenvalue weighted by Gasteiger charge is -2.33. The Balaban J connectivity index is 3.15. The van der Waals surface area contributed by atoms with Crippen LogP contribution in [0.2, 0.25) is 16.1 Å². The van der Waals surface area contributed by atoms with E-state index in [1.807, 2.05) is 12.1 Å². The average Bonchev–Trinajstić information content (AvgIpc) is 2.46. The minimum absolute atomic E-state index is 0.239. The van der Waals surface area contributed by atoms with Gasteiger partial charge in [-0.3, -0.25) is 0 Å². The van der Waals surface area contributed by atoms with Gasteiger partial charge in [0.1, 0.15) is 0 Å². The fourth-order valence-electron chi connectivity index (χ4n) is 2.62. The van der Waals surface area contributed by atoms with Crippen molar-refractivity contribution >= 4 is 32.0 Å². The molecule has 0 aliphatic rings. The van der Waals surface area contributed by atoms with Gasteiger partial charge in [0.25, 0.3) is 0 Å². The molecule has 0 amide bonds. The van der Waals surface area contributed by atoms with Crippen LogP contribution in [0.25, 0.3) is 6.08 Å². The number of hydrogen-bond acceptors (Lipinski definition) is 3. The molecule has 0 aliphatic heterocycles. The van der Waals surface area contributed by atoms with Crippen molar-refractivity contribution in [2.75, 3.05) is 6.61 Å². The second kappa shape index (κ2) is 8.67. The molecule has 0 atom stereocenters. The highest BCUT2D eigenvalue weighted by atomic mass is 35.5. The van der Waals surface area contributed by atoms with E-state index in [-0.39, 0.29) is 17.1 Å². The molecule has 23 heavy (non-hydrogen) atoms. The van der Waals surface area contributed by atoms with E-state index in [1.54, 1.807) is 19.1 Å². The molecule has 0 unspecified atom stereocenters. The predicted molar refractivity (Wildman–Crippen MR) is 99.0 cm³/mol. The number of esters is 1. The molecule has 1 aromatic rings. The zero-order chi connectivity index (χ0) is 17.6. The van der Waals surface area contributed by atoms with Crippen molar-refractivity contribution in [2.45, 2.75) is 51.7 Å². The molecule has 128 valence electrons. The SMILES string of the molecule is CCOC(=O)/C=C/c1ccc(Cl)cc1C[Si](O)(C(C)C)C(C)C. The molecule has 0 spiro atoms. The van der Waals surface area contributed by atoms with Crippen molar-refractivity contribution in [2.24, 2.45) is 0 Å². The monoisotopic (exact) mass is 354 g/mol. The Morgan fingerprint density at radius 3 is 2.43 bits per heavy atom. The Morgan fingerprint density at radius 1 is 1.30 bits per heavy atom. The van der Waals surface area contributed by atoms with Crippen LogP contribution in [-0.2, 0) is 15.6 Å². The Hall–Kier alpha value is -1.10. The van der Waals surface area contributed by atoms with Gasteiger partial charge in [-0.2, -0.15) is 0 Å². The maximum absolute atomic E-state index is 11.5. The van der Waals surface area contributed by atoms with Crippen molar-refractivity contribution < 1.29 is 14.3 Å². The van der Waals surface area contributed by atoms with Crippen molar-refractivity contribution in [3.63, 3.8) is 0 Å². The summed E-state index contributed by atoms with van der Waals surface area (Å²) in [6.07, 6.45) is 3.15. The van der Waals surface area contributed by atoms with Gasteiger partial charge in [0, 0.05) is 11.1 Å². The lowest BCUT2D eigenvalue weighted by molar-refractivity contribution is -0.137. The first kappa shape index (κ1) is 19.9. The molecule has 1 rings (SSSR count). The molecule has 1 N–H and O–H groups in total. The molecule has 0 saturated heterocycles. The normalized spacial score (nSPS) is 12.4. The van der Waals surface area contributed by atoms with Crippen LogP contribution < -0.4 is 0 Å². The van der Waals surface area contributed by atoms with Gasteiger partial charge in [0.05, 0.1) is 6.61 Å². The van der Waals surface area contributed by atoms with E-state index in [4.69, 9.17) is 16.3 Å². The Morgan fingerprint density at radius 2 is 1.91 bits per heavy atom. The highest BCUT2D eigenvalue weighted by molar-refractivity contribution is 6.74. The quantitative estimate of drug-likeness (QED) is 0.436. The zero-order valence-electron chi connectivity index (χ0n) is 14.6. The van der Waals surface area contributed by atoms with Crippen LogP contribution in [0.3, 0.4) is 0 Å². The van der Waals surface area contributed by atoms with E-state index < -0.39 is 8.32 Å². The summed E-state index contributed by atoms with van der Waals surface area (Å²) in [6, 6.07) is 6.17. The van der Waals surface area contributed by atoms with Gasteiger partial charge in [-0.05, 0) is 53.4 Å². The fourth-order valence-corrected chi connectivity index (χ4v) is 5.88.